The fraction of sp³-hybridized carbons (Fsp3) is 0.0500. The molecule has 2 aromatic heterocycles. The van der Waals surface area contributed by atoms with Crippen LogP contribution in [0.25, 0.3) is 10.2 Å². The number of thiazole rings is 1. The monoisotopic (exact) mass is 361 g/mol. The topological polar surface area (TPSA) is 58.7 Å². The summed E-state index contributed by atoms with van der Waals surface area (Å²) in [4.78, 5) is 17.6. The molecule has 2 aromatic carbocycles. The Balaban J connectivity index is 1.76. The molecule has 0 spiro atoms. The molecule has 0 unspecified atom stereocenters. The molecule has 0 bridgehead atoms. The van der Waals surface area contributed by atoms with Crippen molar-refractivity contribution in [1.29, 1.82) is 0 Å². The van der Waals surface area contributed by atoms with E-state index in [2.05, 4.69) is 10.1 Å². The SMILES string of the molecule is Cc1cccc(C(=O)N(/N=C/c2ccco2)c2nc3ccccc3s2)c1. The molecule has 0 atom stereocenters. The molecule has 6 heteroatoms. The predicted molar refractivity (Wildman–Crippen MR) is 104 cm³/mol. The molecule has 5 nitrogen and oxygen atoms in total. The highest BCUT2D eigenvalue weighted by Gasteiger charge is 2.21. The van der Waals surface area contributed by atoms with Crippen molar-refractivity contribution in [3.63, 3.8) is 0 Å². The number of benzene rings is 2. The maximum absolute atomic E-state index is 13.1. The Morgan fingerprint density at radius 2 is 2.04 bits per heavy atom. The van der Waals surface area contributed by atoms with Crippen molar-refractivity contribution < 1.29 is 9.21 Å². The van der Waals surface area contributed by atoms with E-state index < -0.39 is 0 Å². The molecule has 4 aromatic rings. The zero-order valence-electron chi connectivity index (χ0n) is 14.0. The van der Waals surface area contributed by atoms with Gasteiger partial charge in [-0.2, -0.15) is 10.1 Å². The van der Waals surface area contributed by atoms with Gasteiger partial charge >= 0.3 is 0 Å². The van der Waals surface area contributed by atoms with E-state index >= 15 is 0 Å². The zero-order chi connectivity index (χ0) is 17.9. The van der Waals surface area contributed by atoms with E-state index in [0.717, 1.165) is 15.8 Å². The first-order chi connectivity index (χ1) is 12.7. The van der Waals surface area contributed by atoms with Crippen LogP contribution in [0.4, 0.5) is 5.13 Å². The van der Waals surface area contributed by atoms with Crippen LogP contribution >= 0.6 is 11.3 Å². The fourth-order valence-corrected chi connectivity index (χ4v) is 3.44. The molecule has 4 rings (SSSR count). The van der Waals surface area contributed by atoms with Gasteiger partial charge in [0, 0.05) is 5.56 Å². The summed E-state index contributed by atoms with van der Waals surface area (Å²) in [7, 11) is 0. The number of fused-ring (bicyclic) bond motifs is 1. The third-order valence-corrected chi connectivity index (χ3v) is 4.78. The van der Waals surface area contributed by atoms with Crippen LogP contribution in [0.5, 0.6) is 0 Å². The molecular formula is C20H15N3O2S. The lowest BCUT2D eigenvalue weighted by Gasteiger charge is -2.13. The highest BCUT2D eigenvalue weighted by atomic mass is 32.1. The number of nitrogens with zero attached hydrogens (tertiary/aromatic N) is 3. The number of hydrogen-bond donors (Lipinski definition) is 0. The Labute approximate surface area is 154 Å². The normalized spacial score (nSPS) is 11.3. The van der Waals surface area contributed by atoms with Crippen molar-refractivity contribution in [2.45, 2.75) is 6.92 Å². The molecule has 0 radical (unpaired) electrons. The number of carbonyl (C=O) groups excluding carboxylic acids is 1. The van der Waals surface area contributed by atoms with Gasteiger partial charge in [0.2, 0.25) is 5.13 Å². The summed E-state index contributed by atoms with van der Waals surface area (Å²) in [5.41, 5.74) is 2.40. The molecule has 0 N–H and O–H groups in total. The third-order valence-electron chi connectivity index (χ3n) is 3.76. The molecule has 0 fully saturated rings. The molecule has 0 saturated carbocycles. The summed E-state index contributed by atoms with van der Waals surface area (Å²) in [6.07, 6.45) is 3.07. The lowest BCUT2D eigenvalue weighted by molar-refractivity contribution is 0.0987. The standard InChI is InChI=1S/C20H15N3O2S/c1-14-6-4-7-15(12-14)19(24)23(21-13-16-8-5-11-25-16)20-22-17-9-2-3-10-18(17)26-20/h2-13H,1H3/b21-13+. The summed E-state index contributed by atoms with van der Waals surface area (Å²) >= 11 is 1.42. The van der Waals surface area contributed by atoms with E-state index in [1.165, 1.54) is 22.6 Å². The molecule has 2 heterocycles. The second-order valence-corrected chi connectivity index (χ2v) is 6.72. The molecule has 0 aliphatic heterocycles. The summed E-state index contributed by atoms with van der Waals surface area (Å²) in [5, 5.41) is 6.19. The van der Waals surface area contributed by atoms with Crippen LogP contribution < -0.4 is 5.01 Å². The first-order valence-corrected chi connectivity index (χ1v) is 8.86. The number of rotatable bonds is 4. The number of para-hydroxylation sites is 1. The average molecular weight is 361 g/mol. The van der Waals surface area contributed by atoms with Gasteiger partial charge < -0.3 is 4.42 Å². The van der Waals surface area contributed by atoms with E-state index in [4.69, 9.17) is 4.42 Å². The van der Waals surface area contributed by atoms with Gasteiger partial charge in [-0.1, -0.05) is 41.2 Å². The van der Waals surface area contributed by atoms with Crippen molar-refractivity contribution in [1.82, 2.24) is 4.98 Å². The molecule has 0 aliphatic carbocycles. The van der Waals surface area contributed by atoms with Crippen LogP contribution in [-0.2, 0) is 0 Å². The minimum Gasteiger partial charge on any atom is -0.463 e. The average Bonchev–Trinajstić information content (AvgIpc) is 3.31. The van der Waals surface area contributed by atoms with Gasteiger partial charge in [-0.3, -0.25) is 4.79 Å². The zero-order valence-corrected chi connectivity index (χ0v) is 14.8. The van der Waals surface area contributed by atoms with Gasteiger partial charge in [0.1, 0.15) is 5.76 Å². The Bertz CT molecular complexity index is 1050. The second-order valence-electron chi connectivity index (χ2n) is 5.71. The first kappa shape index (κ1) is 16.2. The summed E-state index contributed by atoms with van der Waals surface area (Å²) in [6.45, 7) is 1.95. The molecule has 0 saturated heterocycles. The highest BCUT2D eigenvalue weighted by molar-refractivity contribution is 7.22. The minimum atomic E-state index is -0.240. The second kappa shape index (κ2) is 6.93. The first-order valence-electron chi connectivity index (χ1n) is 8.05. The van der Waals surface area contributed by atoms with Crippen LogP contribution in [0.1, 0.15) is 21.7 Å². The Hall–Kier alpha value is -3.25. The number of carbonyl (C=O) groups is 1. The maximum atomic E-state index is 13.1. The van der Waals surface area contributed by atoms with Crippen molar-refractivity contribution >= 4 is 38.8 Å². The van der Waals surface area contributed by atoms with Gasteiger partial charge in [-0.05, 0) is 43.3 Å². The quantitative estimate of drug-likeness (QED) is 0.384. The molecule has 128 valence electrons. The third kappa shape index (κ3) is 3.27. The van der Waals surface area contributed by atoms with Gasteiger partial charge in [-0.25, -0.2) is 4.98 Å². The fourth-order valence-electron chi connectivity index (χ4n) is 2.52. The van der Waals surface area contributed by atoms with Gasteiger partial charge in [-0.15, -0.1) is 0 Å². The van der Waals surface area contributed by atoms with E-state index in [1.54, 1.807) is 24.5 Å². The summed E-state index contributed by atoms with van der Waals surface area (Å²) in [6, 6.07) is 18.7. The number of furan rings is 1. The molecule has 0 aliphatic rings. The van der Waals surface area contributed by atoms with Crippen molar-refractivity contribution in [3.8, 4) is 0 Å². The number of anilines is 1. The van der Waals surface area contributed by atoms with Crippen molar-refractivity contribution in [2.75, 3.05) is 5.01 Å². The van der Waals surface area contributed by atoms with E-state index in [0.29, 0.717) is 16.5 Å². The predicted octanol–water partition coefficient (Wildman–Crippen LogP) is 4.88. The smallest absolute Gasteiger partial charge is 0.280 e. The van der Waals surface area contributed by atoms with Gasteiger partial charge in [0.25, 0.3) is 5.91 Å². The van der Waals surface area contributed by atoms with Crippen LogP contribution in [0.2, 0.25) is 0 Å². The number of hydrogen-bond acceptors (Lipinski definition) is 5. The number of aromatic nitrogens is 1. The van der Waals surface area contributed by atoms with E-state index in [9.17, 15) is 4.79 Å². The number of hydrazone groups is 1. The largest absolute Gasteiger partial charge is 0.463 e. The Kier molecular flexibility index (Phi) is 4.33. The number of aryl methyl sites for hydroxylation is 1. The van der Waals surface area contributed by atoms with E-state index in [1.807, 2.05) is 49.4 Å². The van der Waals surface area contributed by atoms with Crippen LogP contribution in [-0.4, -0.2) is 17.1 Å². The van der Waals surface area contributed by atoms with Crippen molar-refractivity contribution in [2.24, 2.45) is 5.10 Å². The van der Waals surface area contributed by atoms with Crippen molar-refractivity contribution in [3.05, 3.63) is 83.8 Å². The Morgan fingerprint density at radius 1 is 1.15 bits per heavy atom. The highest BCUT2D eigenvalue weighted by Crippen LogP contribution is 2.30. The lowest BCUT2D eigenvalue weighted by atomic mass is 10.1. The molecule has 26 heavy (non-hydrogen) atoms. The van der Waals surface area contributed by atoms with Crippen LogP contribution in [0.15, 0.2) is 76.4 Å². The molecule has 1 amide bonds. The van der Waals surface area contributed by atoms with Gasteiger partial charge in [0.15, 0.2) is 0 Å². The van der Waals surface area contributed by atoms with Crippen LogP contribution in [0.3, 0.4) is 0 Å². The minimum absolute atomic E-state index is 0.240. The van der Waals surface area contributed by atoms with Gasteiger partial charge in [0.05, 0.1) is 22.7 Å². The number of amides is 1. The summed E-state index contributed by atoms with van der Waals surface area (Å²) in [5.74, 6) is 0.323. The lowest BCUT2D eigenvalue weighted by Crippen LogP contribution is -2.25. The van der Waals surface area contributed by atoms with E-state index in [-0.39, 0.29) is 5.91 Å². The maximum Gasteiger partial charge on any atom is 0.280 e. The van der Waals surface area contributed by atoms with Crippen LogP contribution in [0, 0.1) is 6.92 Å². The summed E-state index contributed by atoms with van der Waals surface area (Å²) < 4.78 is 6.28. The Morgan fingerprint density at radius 3 is 2.81 bits per heavy atom. The molecular weight excluding hydrogens is 346 g/mol.